The number of aliphatic hydroxyl groups is 1. The van der Waals surface area contributed by atoms with Crippen LogP contribution in [0, 0.1) is 0 Å². The summed E-state index contributed by atoms with van der Waals surface area (Å²) in [6.07, 6.45) is 3.28. The highest BCUT2D eigenvalue weighted by Gasteiger charge is 2.39. The van der Waals surface area contributed by atoms with Crippen LogP contribution in [0.15, 0.2) is 53.7 Å². The van der Waals surface area contributed by atoms with E-state index in [-0.39, 0.29) is 25.0 Å². The molecule has 1 aromatic heterocycles. The Morgan fingerprint density at radius 3 is 2.56 bits per heavy atom. The summed E-state index contributed by atoms with van der Waals surface area (Å²) in [4.78, 5) is 31.5. The summed E-state index contributed by atoms with van der Waals surface area (Å²) in [7, 11) is 0. The summed E-state index contributed by atoms with van der Waals surface area (Å²) in [5, 5.41) is 9.15. The number of imide groups is 1. The van der Waals surface area contributed by atoms with Gasteiger partial charge in [-0.2, -0.15) is 0 Å². The number of ether oxygens (including phenoxy) is 1. The maximum absolute atomic E-state index is 13.0. The molecular weight excluding hydrogens is 364 g/mol. The van der Waals surface area contributed by atoms with Gasteiger partial charge in [-0.15, -0.1) is 11.8 Å². The van der Waals surface area contributed by atoms with Gasteiger partial charge in [-0.05, 0) is 36.2 Å². The van der Waals surface area contributed by atoms with Gasteiger partial charge in [0, 0.05) is 18.1 Å². The normalized spacial score (nSPS) is 14.2. The average molecular weight is 384 g/mol. The second-order valence-corrected chi connectivity index (χ2v) is 6.90. The Morgan fingerprint density at radius 2 is 1.93 bits per heavy atom. The second-order valence-electron chi connectivity index (χ2n) is 5.79. The molecule has 0 fully saturated rings. The molecule has 0 bridgehead atoms. The van der Waals surface area contributed by atoms with Gasteiger partial charge in [-0.25, -0.2) is 0 Å². The predicted octanol–water partition coefficient (Wildman–Crippen LogP) is 2.49. The number of thioether (sulfide) groups is 1. The van der Waals surface area contributed by atoms with E-state index in [1.807, 2.05) is 13.0 Å². The first-order valence-corrected chi connectivity index (χ1v) is 9.60. The molecule has 140 valence electrons. The van der Waals surface area contributed by atoms with Crippen LogP contribution in [0.2, 0.25) is 0 Å². The van der Waals surface area contributed by atoms with Crippen LogP contribution in [0.4, 0.5) is 0 Å². The maximum Gasteiger partial charge on any atom is 0.268 e. The highest BCUT2D eigenvalue weighted by molar-refractivity contribution is 8.04. The van der Waals surface area contributed by atoms with Gasteiger partial charge in [0.25, 0.3) is 11.8 Å². The number of carbonyl (C=O) groups excluding carboxylic acids is 2. The second kappa shape index (κ2) is 8.83. The number of carbonyl (C=O) groups is 2. The van der Waals surface area contributed by atoms with Gasteiger partial charge in [0.2, 0.25) is 0 Å². The molecule has 0 unspecified atom stereocenters. The standard InChI is InChI=1S/C20H20N2O4S/c1-2-26-16-7-5-15(6-8-16)17-18(27-11-10-23)20(25)22(19(17)24)13-14-4-3-9-21-12-14/h3-9,12,23H,2,10-11,13H2,1H3. The first kappa shape index (κ1) is 19.1. The molecule has 3 rings (SSSR count). The van der Waals surface area contributed by atoms with Crippen molar-refractivity contribution in [3.8, 4) is 5.75 Å². The molecule has 0 saturated carbocycles. The van der Waals surface area contributed by atoms with E-state index in [2.05, 4.69) is 4.98 Å². The highest BCUT2D eigenvalue weighted by atomic mass is 32.2. The fourth-order valence-electron chi connectivity index (χ4n) is 2.79. The van der Waals surface area contributed by atoms with E-state index in [1.54, 1.807) is 42.7 Å². The van der Waals surface area contributed by atoms with Crippen LogP contribution in [0.1, 0.15) is 18.1 Å². The number of aliphatic hydroxyl groups excluding tert-OH is 1. The maximum atomic E-state index is 13.0. The Labute approximate surface area is 161 Å². The van der Waals surface area contributed by atoms with Crippen LogP contribution in [-0.2, 0) is 16.1 Å². The first-order valence-electron chi connectivity index (χ1n) is 8.62. The molecule has 1 aliphatic rings. The molecule has 1 aromatic carbocycles. The third-order valence-electron chi connectivity index (χ3n) is 3.98. The zero-order chi connectivity index (χ0) is 19.2. The zero-order valence-electron chi connectivity index (χ0n) is 14.9. The minimum absolute atomic E-state index is 0.0746. The number of hydrogen-bond donors (Lipinski definition) is 1. The van der Waals surface area contributed by atoms with Crippen LogP contribution in [0.3, 0.4) is 0 Å². The van der Waals surface area contributed by atoms with Gasteiger partial charge in [-0.3, -0.25) is 19.5 Å². The van der Waals surface area contributed by atoms with Gasteiger partial charge in [0.05, 0.1) is 30.2 Å². The number of amides is 2. The Hall–Kier alpha value is -2.64. The van der Waals surface area contributed by atoms with Crippen LogP contribution < -0.4 is 4.74 Å². The lowest BCUT2D eigenvalue weighted by atomic mass is 10.1. The molecule has 1 aliphatic heterocycles. The topological polar surface area (TPSA) is 79.7 Å². The number of benzene rings is 1. The summed E-state index contributed by atoms with van der Waals surface area (Å²) in [5.41, 5.74) is 1.80. The summed E-state index contributed by atoms with van der Waals surface area (Å²) >= 11 is 1.20. The molecule has 6 nitrogen and oxygen atoms in total. The molecule has 2 heterocycles. The fraction of sp³-hybridized carbons (Fsp3) is 0.250. The third kappa shape index (κ3) is 4.20. The molecular formula is C20H20N2O4S. The van der Waals surface area contributed by atoms with Gasteiger partial charge in [0.15, 0.2) is 0 Å². The van der Waals surface area contributed by atoms with E-state index in [4.69, 9.17) is 9.84 Å². The largest absolute Gasteiger partial charge is 0.494 e. The molecule has 2 aromatic rings. The van der Waals surface area contributed by atoms with E-state index in [0.29, 0.717) is 34.2 Å². The molecule has 0 aliphatic carbocycles. The number of pyridine rings is 1. The van der Waals surface area contributed by atoms with E-state index in [1.165, 1.54) is 16.7 Å². The number of nitrogens with zero attached hydrogens (tertiary/aromatic N) is 2. The van der Waals surface area contributed by atoms with Crippen molar-refractivity contribution in [1.29, 1.82) is 0 Å². The fourth-order valence-corrected chi connectivity index (χ4v) is 3.67. The Morgan fingerprint density at radius 1 is 1.15 bits per heavy atom. The van der Waals surface area contributed by atoms with Gasteiger partial charge in [-0.1, -0.05) is 18.2 Å². The molecule has 0 atom stereocenters. The highest BCUT2D eigenvalue weighted by Crippen LogP contribution is 2.37. The van der Waals surface area contributed by atoms with Crippen molar-refractivity contribution in [2.45, 2.75) is 13.5 Å². The number of hydrogen-bond acceptors (Lipinski definition) is 6. The lowest BCUT2D eigenvalue weighted by Crippen LogP contribution is -2.31. The van der Waals surface area contributed by atoms with Gasteiger partial charge in [0.1, 0.15) is 5.75 Å². The monoisotopic (exact) mass is 384 g/mol. The third-order valence-corrected chi connectivity index (χ3v) is 5.03. The zero-order valence-corrected chi connectivity index (χ0v) is 15.7. The van der Waals surface area contributed by atoms with Gasteiger partial charge < -0.3 is 9.84 Å². The lowest BCUT2D eigenvalue weighted by molar-refractivity contribution is -0.137. The first-order chi connectivity index (χ1) is 13.2. The molecule has 0 radical (unpaired) electrons. The van der Waals surface area contributed by atoms with E-state index in [0.717, 1.165) is 5.56 Å². The summed E-state index contributed by atoms with van der Waals surface area (Å²) in [6, 6.07) is 10.7. The molecule has 0 saturated heterocycles. The van der Waals surface area contributed by atoms with Crippen molar-refractivity contribution in [3.63, 3.8) is 0 Å². The number of rotatable bonds is 8. The van der Waals surface area contributed by atoms with Crippen molar-refractivity contribution in [2.75, 3.05) is 19.0 Å². The minimum atomic E-state index is -0.341. The van der Waals surface area contributed by atoms with Crippen molar-refractivity contribution >= 4 is 29.1 Å². The lowest BCUT2D eigenvalue weighted by Gasteiger charge is -2.15. The smallest absolute Gasteiger partial charge is 0.268 e. The van der Waals surface area contributed by atoms with Crippen molar-refractivity contribution < 1.29 is 19.4 Å². The van der Waals surface area contributed by atoms with Crippen LogP contribution in [0.5, 0.6) is 5.75 Å². The minimum Gasteiger partial charge on any atom is -0.494 e. The van der Waals surface area contributed by atoms with E-state index in [9.17, 15) is 9.59 Å². The molecule has 0 spiro atoms. The van der Waals surface area contributed by atoms with Crippen molar-refractivity contribution in [1.82, 2.24) is 9.88 Å². The molecule has 27 heavy (non-hydrogen) atoms. The summed E-state index contributed by atoms with van der Waals surface area (Å²) in [6.45, 7) is 2.54. The summed E-state index contributed by atoms with van der Waals surface area (Å²) in [5.74, 6) is 0.366. The average Bonchev–Trinajstić information content (AvgIpc) is 2.92. The van der Waals surface area contributed by atoms with Crippen LogP contribution in [0.25, 0.3) is 5.57 Å². The molecule has 2 amide bonds. The Bertz CT molecular complexity index is 850. The quantitative estimate of drug-likeness (QED) is 0.705. The molecule has 1 N–H and O–H groups in total. The van der Waals surface area contributed by atoms with Crippen LogP contribution in [-0.4, -0.2) is 45.8 Å². The van der Waals surface area contributed by atoms with E-state index >= 15 is 0 Å². The SMILES string of the molecule is CCOc1ccc(C2=C(SCCO)C(=O)N(Cc3cccnc3)C2=O)cc1. The Kier molecular flexibility index (Phi) is 6.26. The van der Waals surface area contributed by atoms with Gasteiger partial charge >= 0.3 is 0 Å². The van der Waals surface area contributed by atoms with Crippen molar-refractivity contribution in [3.05, 3.63) is 64.8 Å². The number of aromatic nitrogens is 1. The summed E-state index contributed by atoms with van der Waals surface area (Å²) < 4.78 is 5.44. The molecule has 7 heteroatoms. The van der Waals surface area contributed by atoms with E-state index < -0.39 is 0 Å². The Balaban J connectivity index is 1.92. The van der Waals surface area contributed by atoms with Crippen molar-refractivity contribution in [2.24, 2.45) is 0 Å². The van der Waals surface area contributed by atoms with Crippen LogP contribution >= 0.6 is 11.8 Å². The predicted molar refractivity (Wildman–Crippen MR) is 104 cm³/mol.